The van der Waals surface area contributed by atoms with Crippen LogP contribution in [-0.4, -0.2) is 36.1 Å². The molecule has 17 heavy (non-hydrogen) atoms. The van der Waals surface area contributed by atoms with E-state index in [4.69, 9.17) is 0 Å². The Morgan fingerprint density at radius 2 is 1.94 bits per heavy atom. The number of nitrogens with zero attached hydrogens (tertiary/aromatic N) is 1. The van der Waals surface area contributed by atoms with Crippen LogP contribution in [0, 0.1) is 0 Å². The van der Waals surface area contributed by atoms with E-state index < -0.39 is 0 Å². The Kier molecular flexibility index (Phi) is 7.14. The van der Waals surface area contributed by atoms with E-state index in [1.165, 1.54) is 51.6 Å². The van der Waals surface area contributed by atoms with E-state index in [9.17, 15) is 0 Å². The van der Waals surface area contributed by atoms with Crippen molar-refractivity contribution in [3.63, 3.8) is 0 Å². The van der Waals surface area contributed by atoms with Crippen LogP contribution < -0.4 is 5.32 Å². The predicted octanol–water partition coefficient (Wildman–Crippen LogP) is 3.42. The average Bonchev–Trinajstić information content (AvgIpc) is 2.75. The molecule has 1 heterocycles. The van der Waals surface area contributed by atoms with Crippen molar-refractivity contribution in [1.29, 1.82) is 0 Å². The molecule has 102 valence electrons. The van der Waals surface area contributed by atoms with E-state index in [2.05, 4.69) is 37.9 Å². The summed E-state index contributed by atoms with van der Waals surface area (Å²) in [6.45, 7) is 11.7. The monoisotopic (exact) mass is 240 g/mol. The molecule has 0 aliphatic carbocycles. The summed E-state index contributed by atoms with van der Waals surface area (Å²) in [5.41, 5.74) is 0. The Balaban J connectivity index is 2.29. The number of unbranched alkanes of at least 4 members (excludes halogenated alkanes) is 1. The second-order valence-electron chi connectivity index (χ2n) is 5.87. The fourth-order valence-electron chi connectivity index (χ4n) is 2.84. The summed E-state index contributed by atoms with van der Waals surface area (Å²) < 4.78 is 0. The van der Waals surface area contributed by atoms with Gasteiger partial charge in [0, 0.05) is 24.7 Å². The predicted molar refractivity (Wildman–Crippen MR) is 76.5 cm³/mol. The molecule has 1 fully saturated rings. The Morgan fingerprint density at radius 1 is 1.18 bits per heavy atom. The van der Waals surface area contributed by atoms with Crippen molar-refractivity contribution in [3.8, 4) is 0 Å². The molecule has 1 rings (SSSR count). The van der Waals surface area contributed by atoms with E-state index in [-0.39, 0.29) is 0 Å². The lowest BCUT2D eigenvalue weighted by Crippen LogP contribution is -2.41. The Labute approximate surface area is 108 Å². The average molecular weight is 240 g/mol. The summed E-state index contributed by atoms with van der Waals surface area (Å²) in [6, 6.07) is 2.21. The summed E-state index contributed by atoms with van der Waals surface area (Å²) in [5, 5.41) is 3.89. The van der Waals surface area contributed by atoms with Gasteiger partial charge in [-0.15, -0.1) is 0 Å². The van der Waals surface area contributed by atoms with Crippen molar-refractivity contribution in [2.75, 3.05) is 13.1 Å². The van der Waals surface area contributed by atoms with Crippen molar-refractivity contribution < 1.29 is 0 Å². The van der Waals surface area contributed by atoms with Crippen LogP contribution in [0.3, 0.4) is 0 Å². The van der Waals surface area contributed by atoms with E-state index in [1.807, 2.05) is 0 Å². The summed E-state index contributed by atoms with van der Waals surface area (Å²) in [4.78, 5) is 2.60. The third-order valence-electron chi connectivity index (χ3n) is 3.96. The third kappa shape index (κ3) is 5.39. The second kappa shape index (κ2) is 8.10. The molecule has 1 aliphatic heterocycles. The van der Waals surface area contributed by atoms with Gasteiger partial charge in [0.15, 0.2) is 0 Å². The van der Waals surface area contributed by atoms with Gasteiger partial charge in [0.1, 0.15) is 0 Å². The van der Waals surface area contributed by atoms with Crippen LogP contribution >= 0.6 is 0 Å². The van der Waals surface area contributed by atoms with Gasteiger partial charge in [-0.1, -0.05) is 33.1 Å². The van der Waals surface area contributed by atoms with Gasteiger partial charge < -0.3 is 5.32 Å². The van der Waals surface area contributed by atoms with E-state index in [0.29, 0.717) is 6.04 Å². The minimum Gasteiger partial charge on any atom is -0.310 e. The van der Waals surface area contributed by atoms with E-state index in [1.54, 1.807) is 0 Å². The fraction of sp³-hybridized carbons (Fsp3) is 1.00. The summed E-state index contributed by atoms with van der Waals surface area (Å²) in [7, 11) is 0. The molecule has 0 amide bonds. The highest BCUT2D eigenvalue weighted by atomic mass is 15.2. The summed E-state index contributed by atoms with van der Waals surface area (Å²) >= 11 is 0. The Hall–Kier alpha value is -0.0800. The molecule has 0 bridgehead atoms. The summed E-state index contributed by atoms with van der Waals surface area (Å²) in [5.74, 6) is 0. The molecule has 2 heteroatoms. The van der Waals surface area contributed by atoms with Crippen LogP contribution in [0.15, 0.2) is 0 Å². The van der Waals surface area contributed by atoms with E-state index in [0.717, 1.165) is 12.1 Å². The molecule has 2 unspecified atom stereocenters. The van der Waals surface area contributed by atoms with Crippen LogP contribution in [0.25, 0.3) is 0 Å². The highest BCUT2D eigenvalue weighted by molar-refractivity contribution is 4.85. The molecule has 1 aliphatic rings. The van der Waals surface area contributed by atoms with Gasteiger partial charge in [0.25, 0.3) is 0 Å². The van der Waals surface area contributed by atoms with Gasteiger partial charge >= 0.3 is 0 Å². The molecule has 0 radical (unpaired) electrons. The molecule has 2 atom stereocenters. The number of nitrogens with one attached hydrogen (secondary N) is 1. The van der Waals surface area contributed by atoms with Gasteiger partial charge in [-0.25, -0.2) is 0 Å². The van der Waals surface area contributed by atoms with Crippen molar-refractivity contribution in [2.45, 2.75) is 84.3 Å². The Morgan fingerprint density at radius 3 is 2.47 bits per heavy atom. The molecule has 0 saturated carbocycles. The van der Waals surface area contributed by atoms with Crippen molar-refractivity contribution in [2.24, 2.45) is 0 Å². The van der Waals surface area contributed by atoms with Crippen molar-refractivity contribution >= 4 is 0 Å². The third-order valence-corrected chi connectivity index (χ3v) is 3.96. The first kappa shape index (κ1) is 15.0. The van der Waals surface area contributed by atoms with Crippen LogP contribution in [-0.2, 0) is 0 Å². The number of hydrogen-bond donors (Lipinski definition) is 1. The molecule has 2 nitrogen and oxygen atoms in total. The van der Waals surface area contributed by atoms with Gasteiger partial charge in [0.05, 0.1) is 0 Å². The fourth-order valence-corrected chi connectivity index (χ4v) is 2.84. The van der Waals surface area contributed by atoms with Crippen LogP contribution in [0.1, 0.15) is 66.2 Å². The van der Waals surface area contributed by atoms with Crippen molar-refractivity contribution in [3.05, 3.63) is 0 Å². The number of likely N-dealkylation sites (tertiary alicyclic amines) is 1. The highest BCUT2D eigenvalue weighted by Crippen LogP contribution is 2.15. The van der Waals surface area contributed by atoms with Crippen LogP contribution in [0.5, 0.6) is 0 Å². The maximum absolute atomic E-state index is 3.89. The lowest BCUT2D eigenvalue weighted by Gasteiger charge is -2.24. The van der Waals surface area contributed by atoms with Gasteiger partial charge in [-0.05, 0) is 39.7 Å². The maximum atomic E-state index is 3.89. The molecule has 0 aromatic carbocycles. The van der Waals surface area contributed by atoms with Crippen molar-refractivity contribution in [1.82, 2.24) is 10.2 Å². The lowest BCUT2D eigenvalue weighted by molar-refractivity contribution is 0.263. The SMILES string of the molecule is CCCCC(CCC)NC1CCN(C(C)C)C1. The zero-order valence-corrected chi connectivity index (χ0v) is 12.3. The lowest BCUT2D eigenvalue weighted by atomic mass is 10.0. The molecule has 0 spiro atoms. The largest absolute Gasteiger partial charge is 0.310 e. The first-order valence-electron chi connectivity index (χ1n) is 7.67. The minimum absolute atomic E-state index is 0.710. The summed E-state index contributed by atoms with van der Waals surface area (Å²) in [6.07, 6.45) is 8.05. The normalized spacial score (nSPS) is 23.5. The van der Waals surface area contributed by atoms with Crippen LogP contribution in [0.4, 0.5) is 0 Å². The molecule has 0 aromatic rings. The van der Waals surface area contributed by atoms with Gasteiger partial charge in [-0.3, -0.25) is 4.90 Å². The van der Waals surface area contributed by atoms with E-state index >= 15 is 0 Å². The Bertz CT molecular complexity index is 191. The maximum Gasteiger partial charge on any atom is 0.0209 e. The zero-order valence-electron chi connectivity index (χ0n) is 12.3. The highest BCUT2D eigenvalue weighted by Gasteiger charge is 2.25. The molecule has 1 N–H and O–H groups in total. The second-order valence-corrected chi connectivity index (χ2v) is 5.87. The van der Waals surface area contributed by atoms with Gasteiger partial charge in [-0.2, -0.15) is 0 Å². The molecular weight excluding hydrogens is 208 g/mol. The van der Waals surface area contributed by atoms with Crippen LogP contribution in [0.2, 0.25) is 0 Å². The molecular formula is C15H32N2. The number of hydrogen-bond acceptors (Lipinski definition) is 2. The first-order chi connectivity index (χ1) is 8.17. The smallest absolute Gasteiger partial charge is 0.0209 e. The first-order valence-corrected chi connectivity index (χ1v) is 7.67. The number of rotatable bonds is 8. The molecule has 0 aromatic heterocycles. The van der Waals surface area contributed by atoms with Gasteiger partial charge in [0.2, 0.25) is 0 Å². The topological polar surface area (TPSA) is 15.3 Å². The standard InChI is InChI=1S/C15H32N2/c1-5-7-9-14(8-6-2)16-15-10-11-17(12-15)13(3)4/h13-16H,5-12H2,1-4H3. The quantitative estimate of drug-likeness (QED) is 0.699. The minimum atomic E-state index is 0.710. The molecule has 1 saturated heterocycles. The zero-order chi connectivity index (χ0) is 12.7.